The van der Waals surface area contributed by atoms with Crippen LogP contribution in [0.4, 0.5) is 0 Å². The van der Waals surface area contributed by atoms with Crippen LogP contribution in [0.2, 0.25) is 0 Å². The van der Waals surface area contributed by atoms with E-state index in [4.69, 9.17) is 4.74 Å². The summed E-state index contributed by atoms with van der Waals surface area (Å²) in [6.07, 6.45) is 1.77. The second kappa shape index (κ2) is 6.22. The molecule has 3 rings (SSSR count). The number of carbonyl (C=O) groups excluding carboxylic acids is 1. The molecule has 0 saturated carbocycles. The molecule has 0 spiro atoms. The lowest BCUT2D eigenvalue weighted by Gasteiger charge is -2.27. The van der Waals surface area contributed by atoms with Gasteiger partial charge in [0.1, 0.15) is 5.75 Å². The zero-order valence-corrected chi connectivity index (χ0v) is 13.0. The molecule has 1 aliphatic heterocycles. The smallest absolute Gasteiger partial charge is 0.260 e. The van der Waals surface area contributed by atoms with Crippen molar-refractivity contribution in [2.45, 2.75) is 32.9 Å². The number of aromatic nitrogens is 2. The van der Waals surface area contributed by atoms with Crippen LogP contribution in [-0.4, -0.2) is 33.7 Å². The first-order valence-corrected chi connectivity index (χ1v) is 7.64. The maximum atomic E-state index is 12.2. The lowest BCUT2D eigenvalue weighted by atomic mass is 10.0. The number of rotatable bonds is 4. The van der Waals surface area contributed by atoms with Gasteiger partial charge >= 0.3 is 0 Å². The first-order valence-electron chi connectivity index (χ1n) is 7.64. The number of hydrogen-bond acceptors (Lipinski definition) is 3. The predicted molar refractivity (Wildman–Crippen MR) is 83.7 cm³/mol. The average Bonchev–Trinajstić information content (AvgIpc) is 3.00. The van der Waals surface area contributed by atoms with Crippen LogP contribution in [0.3, 0.4) is 0 Å². The standard InChI is InChI=1S/C17H21N3O2/c1-13(2)14-3-5-16(6-4-14)22-12-17(21)19-9-10-20-15(11-19)7-8-18-20/h3-8,13H,9-12H2,1-2H3. The van der Waals surface area contributed by atoms with Gasteiger partial charge in [-0.3, -0.25) is 9.48 Å². The lowest BCUT2D eigenvalue weighted by Crippen LogP contribution is -2.40. The fourth-order valence-corrected chi connectivity index (χ4v) is 2.58. The van der Waals surface area contributed by atoms with E-state index in [1.807, 2.05) is 39.9 Å². The molecule has 116 valence electrons. The van der Waals surface area contributed by atoms with E-state index in [-0.39, 0.29) is 12.5 Å². The molecule has 2 heterocycles. The molecule has 1 aromatic heterocycles. The average molecular weight is 299 g/mol. The maximum Gasteiger partial charge on any atom is 0.260 e. The molecular weight excluding hydrogens is 278 g/mol. The maximum absolute atomic E-state index is 12.2. The Bertz CT molecular complexity index is 646. The van der Waals surface area contributed by atoms with E-state index in [0.29, 0.717) is 19.0 Å². The molecule has 5 nitrogen and oxygen atoms in total. The van der Waals surface area contributed by atoms with E-state index in [2.05, 4.69) is 18.9 Å². The van der Waals surface area contributed by atoms with Gasteiger partial charge in [-0.1, -0.05) is 26.0 Å². The van der Waals surface area contributed by atoms with E-state index in [1.165, 1.54) is 5.56 Å². The summed E-state index contributed by atoms with van der Waals surface area (Å²) in [5, 5.41) is 4.21. The summed E-state index contributed by atoms with van der Waals surface area (Å²) in [6, 6.07) is 9.89. The SMILES string of the molecule is CC(C)c1ccc(OCC(=O)N2CCn3nccc3C2)cc1. The summed E-state index contributed by atoms with van der Waals surface area (Å²) in [5.74, 6) is 1.24. The molecule has 1 amide bonds. The Morgan fingerprint density at radius 3 is 2.73 bits per heavy atom. The number of amides is 1. The normalized spacial score (nSPS) is 14.0. The van der Waals surface area contributed by atoms with Gasteiger partial charge in [0.15, 0.2) is 6.61 Å². The van der Waals surface area contributed by atoms with Crippen LogP contribution in [0.25, 0.3) is 0 Å². The minimum absolute atomic E-state index is 0.0142. The van der Waals surface area contributed by atoms with E-state index in [0.717, 1.165) is 18.0 Å². The van der Waals surface area contributed by atoms with Crippen LogP contribution in [0.5, 0.6) is 5.75 Å². The second-order valence-corrected chi connectivity index (χ2v) is 5.87. The quantitative estimate of drug-likeness (QED) is 0.871. The number of hydrogen-bond donors (Lipinski definition) is 0. The predicted octanol–water partition coefficient (Wildman–Crippen LogP) is 2.43. The number of carbonyl (C=O) groups is 1. The van der Waals surface area contributed by atoms with E-state index >= 15 is 0 Å². The molecule has 0 bridgehead atoms. The van der Waals surface area contributed by atoms with Crippen LogP contribution in [-0.2, 0) is 17.9 Å². The Morgan fingerprint density at radius 1 is 1.23 bits per heavy atom. The first kappa shape index (κ1) is 14.6. The highest BCUT2D eigenvalue weighted by Crippen LogP contribution is 2.19. The highest BCUT2D eigenvalue weighted by atomic mass is 16.5. The van der Waals surface area contributed by atoms with Crippen molar-refractivity contribution in [3.63, 3.8) is 0 Å². The lowest BCUT2D eigenvalue weighted by molar-refractivity contribution is -0.134. The van der Waals surface area contributed by atoms with E-state index in [9.17, 15) is 4.79 Å². The molecule has 0 radical (unpaired) electrons. The van der Waals surface area contributed by atoms with Gasteiger partial charge in [-0.05, 0) is 29.7 Å². The van der Waals surface area contributed by atoms with Crippen molar-refractivity contribution < 1.29 is 9.53 Å². The zero-order chi connectivity index (χ0) is 15.5. The molecule has 1 aromatic carbocycles. The van der Waals surface area contributed by atoms with E-state index < -0.39 is 0 Å². The van der Waals surface area contributed by atoms with Crippen LogP contribution in [0, 0.1) is 0 Å². The fourth-order valence-electron chi connectivity index (χ4n) is 2.58. The summed E-state index contributed by atoms with van der Waals surface area (Å²) < 4.78 is 7.55. The van der Waals surface area contributed by atoms with Crippen molar-refractivity contribution >= 4 is 5.91 Å². The van der Waals surface area contributed by atoms with Crippen LogP contribution >= 0.6 is 0 Å². The molecule has 22 heavy (non-hydrogen) atoms. The zero-order valence-electron chi connectivity index (χ0n) is 13.0. The number of fused-ring (bicyclic) bond motifs is 1. The summed E-state index contributed by atoms with van der Waals surface area (Å²) in [4.78, 5) is 14.1. The summed E-state index contributed by atoms with van der Waals surface area (Å²) in [5.41, 5.74) is 2.34. The van der Waals surface area contributed by atoms with Crippen molar-refractivity contribution in [3.8, 4) is 5.75 Å². The van der Waals surface area contributed by atoms with Crippen molar-refractivity contribution in [2.75, 3.05) is 13.2 Å². The molecule has 0 N–H and O–H groups in total. The van der Waals surface area contributed by atoms with E-state index in [1.54, 1.807) is 6.20 Å². The molecule has 0 unspecified atom stereocenters. The van der Waals surface area contributed by atoms with Gasteiger partial charge in [0.25, 0.3) is 5.91 Å². The molecule has 0 saturated heterocycles. The molecule has 2 aromatic rings. The van der Waals surface area contributed by atoms with Gasteiger partial charge in [0.05, 0.1) is 18.8 Å². The van der Waals surface area contributed by atoms with Crippen molar-refractivity contribution in [3.05, 3.63) is 47.8 Å². The molecule has 0 aliphatic carbocycles. The number of ether oxygens (including phenoxy) is 1. The minimum Gasteiger partial charge on any atom is -0.484 e. The molecule has 5 heteroatoms. The molecule has 1 aliphatic rings. The van der Waals surface area contributed by atoms with Crippen molar-refractivity contribution in [1.82, 2.24) is 14.7 Å². The van der Waals surface area contributed by atoms with Gasteiger partial charge in [-0.15, -0.1) is 0 Å². The summed E-state index contributed by atoms with van der Waals surface area (Å²) in [6.45, 7) is 6.42. The van der Waals surface area contributed by atoms with Gasteiger partial charge in [0, 0.05) is 12.7 Å². The highest BCUT2D eigenvalue weighted by molar-refractivity contribution is 5.77. The van der Waals surface area contributed by atoms with Gasteiger partial charge in [0.2, 0.25) is 0 Å². The van der Waals surface area contributed by atoms with Crippen LogP contribution < -0.4 is 4.74 Å². The summed E-state index contributed by atoms with van der Waals surface area (Å²) >= 11 is 0. The Labute approximate surface area is 130 Å². The highest BCUT2D eigenvalue weighted by Gasteiger charge is 2.21. The molecule has 0 fully saturated rings. The third-order valence-corrected chi connectivity index (χ3v) is 4.00. The van der Waals surface area contributed by atoms with Crippen molar-refractivity contribution in [1.29, 1.82) is 0 Å². The minimum atomic E-state index is 0.0142. The molecule has 0 atom stereocenters. The van der Waals surface area contributed by atoms with Gasteiger partial charge < -0.3 is 9.64 Å². The first-order chi connectivity index (χ1) is 10.6. The van der Waals surface area contributed by atoms with Gasteiger partial charge in [-0.2, -0.15) is 5.10 Å². The van der Waals surface area contributed by atoms with Crippen LogP contribution in [0.15, 0.2) is 36.5 Å². The Kier molecular flexibility index (Phi) is 4.13. The van der Waals surface area contributed by atoms with Crippen molar-refractivity contribution in [2.24, 2.45) is 0 Å². The Morgan fingerprint density at radius 2 is 2.00 bits per heavy atom. The number of nitrogens with zero attached hydrogens (tertiary/aromatic N) is 3. The number of benzene rings is 1. The van der Waals surface area contributed by atoms with Crippen LogP contribution in [0.1, 0.15) is 31.0 Å². The van der Waals surface area contributed by atoms with Gasteiger partial charge in [-0.25, -0.2) is 0 Å². The largest absolute Gasteiger partial charge is 0.484 e. The molecular formula is C17H21N3O2. The monoisotopic (exact) mass is 299 g/mol. The third kappa shape index (κ3) is 3.13. The fraction of sp³-hybridized carbons (Fsp3) is 0.412. The summed E-state index contributed by atoms with van der Waals surface area (Å²) in [7, 11) is 0. The Balaban J connectivity index is 1.54. The third-order valence-electron chi connectivity index (χ3n) is 4.00. The Hall–Kier alpha value is -2.30. The topological polar surface area (TPSA) is 47.4 Å². The second-order valence-electron chi connectivity index (χ2n) is 5.87.